The van der Waals surface area contributed by atoms with Crippen LogP contribution in [0.25, 0.3) is 0 Å². The van der Waals surface area contributed by atoms with Crippen LogP contribution in [0.4, 0.5) is 0 Å². The monoisotopic (exact) mass is 190 g/mol. The molecule has 11 heavy (non-hydrogen) atoms. The molecule has 64 valence electrons. The summed E-state index contributed by atoms with van der Waals surface area (Å²) >= 11 is 9.83. The lowest BCUT2D eigenvalue weighted by atomic mass is 9.82. The van der Waals surface area contributed by atoms with E-state index in [9.17, 15) is 0 Å². The van der Waals surface area contributed by atoms with E-state index in [0.717, 1.165) is 12.8 Å². The summed E-state index contributed by atoms with van der Waals surface area (Å²) < 4.78 is 0. The fraction of sp³-hybridized carbons (Fsp3) is 0.714. The maximum atomic E-state index is 5.56. The van der Waals surface area contributed by atoms with Gasteiger partial charge in [0.1, 0.15) is 0 Å². The molecule has 0 fully saturated rings. The Bertz CT molecular complexity index is 157. The topological polar surface area (TPSA) is 52.0 Å². The Kier molecular flexibility index (Phi) is 3.89. The van der Waals surface area contributed by atoms with Gasteiger partial charge in [-0.1, -0.05) is 38.3 Å². The van der Waals surface area contributed by atoms with Crippen LogP contribution in [-0.4, -0.2) is 9.98 Å². The van der Waals surface area contributed by atoms with Crippen LogP contribution in [0.1, 0.15) is 26.7 Å². The molecule has 0 radical (unpaired) electrons. The second-order valence-corrected chi connectivity index (χ2v) is 3.40. The van der Waals surface area contributed by atoms with E-state index in [0.29, 0.717) is 9.98 Å². The van der Waals surface area contributed by atoms with Crippen LogP contribution >= 0.6 is 24.4 Å². The number of hydrogen-bond donors (Lipinski definition) is 2. The highest BCUT2D eigenvalue weighted by Crippen LogP contribution is 2.26. The zero-order valence-electron chi connectivity index (χ0n) is 6.89. The molecule has 0 unspecified atom stereocenters. The van der Waals surface area contributed by atoms with Gasteiger partial charge in [-0.2, -0.15) is 0 Å². The predicted octanol–water partition coefficient (Wildman–Crippen LogP) is 1.37. The Balaban J connectivity index is 4.76. The van der Waals surface area contributed by atoms with E-state index in [1.807, 2.05) is 13.8 Å². The van der Waals surface area contributed by atoms with Crippen molar-refractivity contribution in [1.82, 2.24) is 0 Å². The molecule has 0 saturated heterocycles. The molecule has 2 nitrogen and oxygen atoms in total. The highest BCUT2D eigenvalue weighted by atomic mass is 32.1. The van der Waals surface area contributed by atoms with Crippen molar-refractivity contribution in [3.8, 4) is 0 Å². The zero-order chi connectivity index (χ0) is 9.07. The maximum Gasteiger partial charge on any atom is 0.0858 e. The Labute approximate surface area is 78.3 Å². The first-order valence-corrected chi connectivity index (χ1v) is 4.42. The molecule has 0 aromatic heterocycles. The van der Waals surface area contributed by atoms with Crippen LogP contribution in [0.15, 0.2) is 0 Å². The van der Waals surface area contributed by atoms with Crippen LogP contribution in [0.3, 0.4) is 0 Å². The van der Waals surface area contributed by atoms with Crippen molar-refractivity contribution in [3.05, 3.63) is 0 Å². The Morgan fingerprint density at radius 2 is 1.36 bits per heavy atom. The van der Waals surface area contributed by atoms with Gasteiger partial charge in [0, 0.05) is 0 Å². The average molecular weight is 190 g/mol. The molecule has 4 heteroatoms. The molecule has 0 aliphatic rings. The van der Waals surface area contributed by atoms with Crippen LogP contribution in [0.5, 0.6) is 0 Å². The molecule has 0 saturated carbocycles. The van der Waals surface area contributed by atoms with Crippen molar-refractivity contribution in [1.29, 1.82) is 0 Å². The molecule has 0 amide bonds. The first-order valence-electron chi connectivity index (χ1n) is 3.61. The summed E-state index contributed by atoms with van der Waals surface area (Å²) in [5.74, 6) is 0. The normalized spacial score (nSPS) is 11.1. The highest BCUT2D eigenvalue weighted by Gasteiger charge is 2.32. The number of thiocarbonyl (C=S) groups is 2. The summed E-state index contributed by atoms with van der Waals surface area (Å²) in [6.45, 7) is 3.98. The SMILES string of the molecule is CCC(CC)(C(N)=S)C(N)=S. The minimum absolute atomic E-state index is 0.398. The fourth-order valence-corrected chi connectivity index (χ4v) is 1.93. The van der Waals surface area contributed by atoms with Crippen molar-refractivity contribution in [2.45, 2.75) is 26.7 Å². The van der Waals surface area contributed by atoms with Crippen LogP contribution in [0.2, 0.25) is 0 Å². The van der Waals surface area contributed by atoms with Gasteiger partial charge in [0.2, 0.25) is 0 Å². The number of nitrogens with two attached hydrogens (primary N) is 2. The third kappa shape index (κ3) is 1.87. The fourth-order valence-electron chi connectivity index (χ4n) is 1.07. The van der Waals surface area contributed by atoms with E-state index in [-0.39, 0.29) is 0 Å². The predicted molar refractivity (Wildman–Crippen MR) is 56.6 cm³/mol. The van der Waals surface area contributed by atoms with Crippen molar-refractivity contribution in [3.63, 3.8) is 0 Å². The van der Waals surface area contributed by atoms with Gasteiger partial charge >= 0.3 is 0 Å². The van der Waals surface area contributed by atoms with Gasteiger partial charge in [-0.25, -0.2) is 0 Å². The van der Waals surface area contributed by atoms with Crippen molar-refractivity contribution in [2.24, 2.45) is 16.9 Å². The molecule has 0 aliphatic carbocycles. The number of rotatable bonds is 4. The van der Waals surface area contributed by atoms with E-state index in [1.165, 1.54) is 0 Å². The van der Waals surface area contributed by atoms with E-state index in [2.05, 4.69) is 0 Å². The highest BCUT2D eigenvalue weighted by molar-refractivity contribution is 7.82. The second kappa shape index (κ2) is 3.97. The molecular formula is C7H14N2S2. The lowest BCUT2D eigenvalue weighted by Crippen LogP contribution is -2.44. The molecule has 0 aliphatic heterocycles. The minimum atomic E-state index is -0.398. The molecule has 0 bridgehead atoms. The molecule has 0 aromatic carbocycles. The molecule has 0 aromatic rings. The van der Waals surface area contributed by atoms with Gasteiger partial charge in [-0.05, 0) is 12.8 Å². The second-order valence-electron chi connectivity index (χ2n) is 2.52. The Hall–Kier alpha value is -0.220. The Morgan fingerprint density at radius 1 is 1.09 bits per heavy atom. The summed E-state index contributed by atoms with van der Waals surface area (Å²) in [6.07, 6.45) is 1.57. The molecule has 0 rings (SSSR count). The van der Waals surface area contributed by atoms with Gasteiger partial charge in [-0.15, -0.1) is 0 Å². The largest absolute Gasteiger partial charge is 0.393 e. The van der Waals surface area contributed by atoms with Gasteiger partial charge in [0.05, 0.1) is 15.4 Å². The van der Waals surface area contributed by atoms with E-state index >= 15 is 0 Å². The lowest BCUT2D eigenvalue weighted by Gasteiger charge is -2.28. The molecule has 4 N–H and O–H groups in total. The van der Waals surface area contributed by atoms with Crippen LogP contribution in [0, 0.1) is 5.41 Å². The van der Waals surface area contributed by atoms with Crippen LogP contribution < -0.4 is 11.5 Å². The number of hydrogen-bond acceptors (Lipinski definition) is 2. The summed E-state index contributed by atoms with van der Waals surface area (Å²) in [6, 6.07) is 0. The first kappa shape index (κ1) is 10.8. The molecule has 0 heterocycles. The lowest BCUT2D eigenvalue weighted by molar-refractivity contribution is 0.538. The molecular weight excluding hydrogens is 176 g/mol. The van der Waals surface area contributed by atoms with E-state index in [4.69, 9.17) is 35.9 Å². The summed E-state index contributed by atoms with van der Waals surface area (Å²) in [5.41, 5.74) is 10.7. The van der Waals surface area contributed by atoms with E-state index < -0.39 is 5.41 Å². The van der Waals surface area contributed by atoms with E-state index in [1.54, 1.807) is 0 Å². The third-order valence-corrected chi connectivity index (χ3v) is 2.93. The minimum Gasteiger partial charge on any atom is -0.393 e. The Morgan fingerprint density at radius 3 is 1.36 bits per heavy atom. The quantitative estimate of drug-likeness (QED) is 0.657. The van der Waals surface area contributed by atoms with Gasteiger partial charge in [-0.3, -0.25) is 0 Å². The van der Waals surface area contributed by atoms with Crippen molar-refractivity contribution in [2.75, 3.05) is 0 Å². The first-order chi connectivity index (χ1) is 5.01. The molecule has 0 spiro atoms. The van der Waals surface area contributed by atoms with Gasteiger partial charge < -0.3 is 11.5 Å². The average Bonchev–Trinajstić information content (AvgIpc) is 1.90. The van der Waals surface area contributed by atoms with Crippen LogP contribution in [-0.2, 0) is 0 Å². The third-order valence-electron chi connectivity index (χ3n) is 2.15. The zero-order valence-corrected chi connectivity index (χ0v) is 8.52. The van der Waals surface area contributed by atoms with Crippen molar-refractivity contribution >= 4 is 34.4 Å². The van der Waals surface area contributed by atoms with Gasteiger partial charge in [0.15, 0.2) is 0 Å². The summed E-state index contributed by atoms with van der Waals surface area (Å²) in [5, 5.41) is 0. The maximum absolute atomic E-state index is 5.56. The van der Waals surface area contributed by atoms with Crippen molar-refractivity contribution < 1.29 is 0 Å². The summed E-state index contributed by atoms with van der Waals surface area (Å²) in [7, 11) is 0. The van der Waals surface area contributed by atoms with Gasteiger partial charge in [0.25, 0.3) is 0 Å². The standard InChI is InChI=1S/C7H14N2S2/c1-3-7(4-2,5(8)10)6(9)11/h3-4H2,1-2H3,(H2,8,10)(H2,9,11). The summed E-state index contributed by atoms with van der Waals surface area (Å²) in [4.78, 5) is 0.824. The molecule has 0 atom stereocenters. The smallest absolute Gasteiger partial charge is 0.0858 e.